The van der Waals surface area contributed by atoms with E-state index in [1.807, 2.05) is 43.0 Å². The summed E-state index contributed by atoms with van der Waals surface area (Å²) in [5.74, 6) is 1.55. The molecule has 0 fully saturated rings. The van der Waals surface area contributed by atoms with Crippen LogP contribution in [0.2, 0.25) is 0 Å². The van der Waals surface area contributed by atoms with E-state index in [4.69, 9.17) is 4.52 Å². The van der Waals surface area contributed by atoms with E-state index in [1.54, 1.807) is 12.3 Å². The van der Waals surface area contributed by atoms with Gasteiger partial charge in [-0.25, -0.2) is 0 Å². The molecule has 1 aromatic carbocycles. The fraction of sp³-hybridized carbons (Fsp3) is 0.409. The van der Waals surface area contributed by atoms with E-state index < -0.39 is 8.18 Å². The fourth-order valence-electron chi connectivity index (χ4n) is 2.69. The van der Waals surface area contributed by atoms with Crippen molar-refractivity contribution in [2.45, 2.75) is 52.9 Å². The zero-order valence-electron chi connectivity index (χ0n) is 17.0. The molecule has 1 unspecified atom stereocenters. The molecule has 1 aromatic heterocycles. The van der Waals surface area contributed by atoms with E-state index in [0.29, 0.717) is 5.75 Å². The second kappa shape index (κ2) is 12.7. The van der Waals surface area contributed by atoms with Crippen LogP contribution in [0, 0.1) is 6.92 Å². The van der Waals surface area contributed by atoms with Gasteiger partial charge in [-0.2, -0.15) is 0 Å². The van der Waals surface area contributed by atoms with Crippen LogP contribution in [-0.4, -0.2) is 10.7 Å². The number of unbranched alkanes of at least 4 members (excludes halogenated alkanes) is 2. The summed E-state index contributed by atoms with van der Waals surface area (Å²) in [6.45, 7) is 6.28. The molecule has 0 aliphatic heterocycles. The highest BCUT2D eigenvalue weighted by Gasteiger charge is 2.13. The van der Waals surface area contributed by atoms with Crippen molar-refractivity contribution in [3.05, 3.63) is 65.6 Å². The minimum absolute atomic E-state index is 0.525. The monoisotopic (exact) mass is 418 g/mol. The summed E-state index contributed by atoms with van der Waals surface area (Å²) >= 11 is 1.82. The van der Waals surface area contributed by atoms with Gasteiger partial charge < -0.3 is 9.61 Å². The number of rotatable bonds is 12. The predicted octanol–water partition coefficient (Wildman–Crippen LogP) is 6.84. The topological polar surface area (TPSA) is 51.2 Å². The van der Waals surface area contributed by atoms with Gasteiger partial charge in [-0.05, 0) is 49.6 Å². The Morgan fingerprint density at radius 1 is 1.11 bits per heavy atom. The van der Waals surface area contributed by atoms with E-state index in [9.17, 15) is 4.57 Å². The zero-order chi connectivity index (χ0) is 20.2. The summed E-state index contributed by atoms with van der Waals surface area (Å²) in [6, 6.07) is 14.0. The summed E-state index contributed by atoms with van der Waals surface area (Å²) in [7, 11) is -2.48. The minimum Gasteiger partial charge on any atom is -0.429 e. The molecule has 1 atom stereocenters. The number of hydrogen-bond donors (Lipinski definition) is 1. The molecule has 1 heterocycles. The molecule has 1 N–H and O–H groups in total. The largest absolute Gasteiger partial charge is 0.429 e. The standard InChI is InChI=1S/C22H31N2O2PS/c1-4-6-8-13-21(22(28-16-5-2)19-11-9-7-10-12-19)24-27(25)26-20-15-14-18(3)23-17-20/h7,9-12,14-15,17,27H,4-6,8,13,16H2,1-3H3,(H,24,25)/b22-21-. The van der Waals surface area contributed by atoms with Gasteiger partial charge in [0.1, 0.15) is 5.75 Å². The first kappa shape index (κ1) is 22.6. The van der Waals surface area contributed by atoms with Crippen molar-refractivity contribution >= 4 is 24.8 Å². The molecule has 28 heavy (non-hydrogen) atoms. The number of aromatic nitrogens is 1. The number of thioether (sulfide) groups is 1. The SMILES string of the molecule is CCCCC/C(N[PH](=O)Oc1ccc(C)nc1)=C(/SCCC)c1ccccc1. The molecule has 2 aromatic rings. The lowest BCUT2D eigenvalue weighted by atomic mass is 10.1. The smallest absolute Gasteiger partial charge is 0.329 e. The molecule has 4 nitrogen and oxygen atoms in total. The molecular weight excluding hydrogens is 387 g/mol. The van der Waals surface area contributed by atoms with E-state index in [0.717, 1.165) is 54.8 Å². The van der Waals surface area contributed by atoms with Crippen LogP contribution in [0.3, 0.4) is 0 Å². The third kappa shape index (κ3) is 7.73. The van der Waals surface area contributed by atoms with Gasteiger partial charge >= 0.3 is 8.18 Å². The summed E-state index contributed by atoms with van der Waals surface area (Å²) in [5.41, 5.74) is 3.08. The number of pyridine rings is 1. The molecule has 0 aliphatic carbocycles. The molecule has 0 radical (unpaired) electrons. The predicted molar refractivity (Wildman–Crippen MR) is 122 cm³/mol. The molecular formula is C22H31N2O2PS. The Labute approximate surface area is 174 Å². The van der Waals surface area contributed by atoms with Crippen molar-refractivity contribution in [1.29, 1.82) is 0 Å². The van der Waals surface area contributed by atoms with Crippen LogP contribution in [-0.2, 0) is 4.57 Å². The average molecular weight is 419 g/mol. The quantitative estimate of drug-likeness (QED) is 0.302. The van der Waals surface area contributed by atoms with Gasteiger partial charge in [0, 0.05) is 16.3 Å². The normalized spacial score (nSPS) is 13.0. The molecule has 0 spiro atoms. The Hall–Kier alpha value is -1.71. The maximum Gasteiger partial charge on any atom is 0.329 e. The number of benzene rings is 1. The van der Waals surface area contributed by atoms with E-state index in [-0.39, 0.29) is 0 Å². The molecule has 0 amide bonds. The van der Waals surface area contributed by atoms with Gasteiger partial charge in [0.05, 0.1) is 6.20 Å². The van der Waals surface area contributed by atoms with Gasteiger partial charge in [0.15, 0.2) is 0 Å². The lowest BCUT2D eigenvalue weighted by Gasteiger charge is -2.18. The zero-order valence-corrected chi connectivity index (χ0v) is 18.8. The highest BCUT2D eigenvalue weighted by atomic mass is 32.2. The van der Waals surface area contributed by atoms with Gasteiger partial charge in [0.25, 0.3) is 0 Å². The van der Waals surface area contributed by atoms with Crippen LogP contribution in [0.5, 0.6) is 5.75 Å². The Bertz CT molecular complexity index is 764. The van der Waals surface area contributed by atoms with E-state index in [2.05, 4.69) is 36.1 Å². The molecule has 2 rings (SSSR count). The van der Waals surface area contributed by atoms with Crippen LogP contribution < -0.4 is 9.61 Å². The van der Waals surface area contributed by atoms with Gasteiger partial charge in [-0.15, -0.1) is 11.8 Å². The minimum atomic E-state index is -2.48. The number of allylic oxidation sites excluding steroid dienone is 1. The number of nitrogens with zero attached hydrogens (tertiary/aromatic N) is 1. The average Bonchev–Trinajstić information content (AvgIpc) is 2.71. The van der Waals surface area contributed by atoms with Crippen molar-refractivity contribution in [1.82, 2.24) is 10.1 Å². The van der Waals surface area contributed by atoms with Crippen molar-refractivity contribution in [3.8, 4) is 5.75 Å². The van der Waals surface area contributed by atoms with Crippen LogP contribution in [0.25, 0.3) is 4.91 Å². The first-order chi connectivity index (χ1) is 13.6. The highest BCUT2D eigenvalue weighted by molar-refractivity contribution is 8.08. The molecule has 0 saturated heterocycles. The Morgan fingerprint density at radius 3 is 2.54 bits per heavy atom. The van der Waals surface area contributed by atoms with E-state index >= 15 is 0 Å². The van der Waals surface area contributed by atoms with Crippen LogP contribution in [0.1, 0.15) is 57.2 Å². The van der Waals surface area contributed by atoms with E-state index in [1.165, 1.54) is 4.91 Å². The van der Waals surface area contributed by atoms with Crippen molar-refractivity contribution < 1.29 is 9.09 Å². The second-order valence-corrected chi connectivity index (χ2v) is 8.76. The molecule has 0 bridgehead atoms. The highest BCUT2D eigenvalue weighted by Crippen LogP contribution is 2.35. The molecule has 0 saturated carbocycles. The lowest BCUT2D eigenvalue weighted by Crippen LogP contribution is -2.09. The van der Waals surface area contributed by atoms with Crippen LogP contribution in [0.4, 0.5) is 0 Å². The maximum atomic E-state index is 12.7. The van der Waals surface area contributed by atoms with Gasteiger partial charge in [0.2, 0.25) is 0 Å². The van der Waals surface area contributed by atoms with Crippen LogP contribution in [0.15, 0.2) is 54.4 Å². The number of hydrogen-bond acceptors (Lipinski definition) is 4. The van der Waals surface area contributed by atoms with Crippen molar-refractivity contribution in [3.63, 3.8) is 0 Å². The Balaban J connectivity index is 2.24. The summed E-state index contributed by atoms with van der Waals surface area (Å²) < 4.78 is 18.4. The first-order valence-corrected chi connectivity index (χ1v) is 12.3. The van der Waals surface area contributed by atoms with Gasteiger partial charge in [-0.1, -0.05) is 57.0 Å². The first-order valence-electron chi connectivity index (χ1n) is 9.96. The fourth-order valence-corrected chi connectivity index (χ4v) is 4.70. The maximum absolute atomic E-state index is 12.7. The molecule has 6 heteroatoms. The number of aryl methyl sites for hydroxylation is 1. The summed E-state index contributed by atoms with van der Waals surface area (Å²) in [5, 5.41) is 3.20. The molecule has 0 aliphatic rings. The summed E-state index contributed by atoms with van der Waals surface area (Å²) in [4.78, 5) is 5.37. The Kier molecular flexibility index (Phi) is 10.2. The molecule has 152 valence electrons. The van der Waals surface area contributed by atoms with Crippen LogP contribution >= 0.6 is 19.9 Å². The van der Waals surface area contributed by atoms with Crippen molar-refractivity contribution in [2.24, 2.45) is 0 Å². The Morgan fingerprint density at radius 2 is 1.89 bits per heavy atom. The third-order valence-electron chi connectivity index (χ3n) is 4.14. The van der Waals surface area contributed by atoms with Gasteiger partial charge in [-0.3, -0.25) is 9.55 Å². The number of nitrogens with one attached hydrogen (secondary N) is 1. The van der Waals surface area contributed by atoms with Crippen molar-refractivity contribution in [2.75, 3.05) is 5.75 Å². The third-order valence-corrected chi connectivity index (χ3v) is 6.45. The summed E-state index contributed by atoms with van der Waals surface area (Å²) in [6.07, 6.45) is 6.92. The lowest BCUT2D eigenvalue weighted by molar-refractivity contribution is 0.494. The second-order valence-electron chi connectivity index (χ2n) is 6.63.